The molecule has 1 saturated carbocycles. The van der Waals surface area contributed by atoms with Gasteiger partial charge in [-0.2, -0.15) is 0 Å². The molecule has 0 bridgehead atoms. The van der Waals surface area contributed by atoms with Crippen molar-refractivity contribution in [1.82, 2.24) is 10.2 Å². The Morgan fingerprint density at radius 2 is 2.05 bits per heavy atom. The number of piperidine rings is 1. The van der Waals surface area contributed by atoms with Crippen LogP contribution >= 0.6 is 0 Å². The molecule has 1 amide bonds. The number of rotatable bonds is 6. The van der Waals surface area contributed by atoms with Crippen molar-refractivity contribution in [1.29, 1.82) is 0 Å². The Hall–Kier alpha value is -0.610. The van der Waals surface area contributed by atoms with Gasteiger partial charge in [-0.05, 0) is 77.3 Å². The summed E-state index contributed by atoms with van der Waals surface area (Å²) in [5.74, 6) is 0.933. The smallest absolute Gasteiger partial charge is 0.234 e. The van der Waals surface area contributed by atoms with E-state index in [0.29, 0.717) is 12.0 Å². The number of ether oxygens (including phenoxy) is 1. The first-order valence-electron chi connectivity index (χ1n) is 8.62. The zero-order valence-electron chi connectivity index (χ0n) is 14.0. The molecule has 0 radical (unpaired) electrons. The minimum atomic E-state index is 0.168. The number of hydrogen-bond donors (Lipinski definition) is 1. The number of likely N-dealkylation sites (tertiary alicyclic amines) is 1. The minimum absolute atomic E-state index is 0.168. The van der Waals surface area contributed by atoms with E-state index >= 15 is 0 Å². The highest BCUT2D eigenvalue weighted by Crippen LogP contribution is 2.48. The van der Waals surface area contributed by atoms with Gasteiger partial charge in [0.25, 0.3) is 0 Å². The van der Waals surface area contributed by atoms with Crippen LogP contribution < -0.4 is 5.32 Å². The van der Waals surface area contributed by atoms with E-state index in [4.69, 9.17) is 4.74 Å². The van der Waals surface area contributed by atoms with Crippen LogP contribution in [0.15, 0.2) is 0 Å². The SMILES string of the molecule is CCOC[C@@H]1CCC2(CCN(CC(=O)NC(C)C)CC2)C1. The van der Waals surface area contributed by atoms with Crippen LogP contribution in [0.2, 0.25) is 0 Å². The van der Waals surface area contributed by atoms with Crippen molar-refractivity contribution in [3.8, 4) is 0 Å². The Balaban J connectivity index is 1.72. The zero-order chi connectivity index (χ0) is 15.3. The maximum atomic E-state index is 11.8. The van der Waals surface area contributed by atoms with Crippen molar-refractivity contribution in [3.63, 3.8) is 0 Å². The van der Waals surface area contributed by atoms with Crippen LogP contribution in [-0.4, -0.2) is 49.7 Å². The number of amides is 1. The lowest BCUT2D eigenvalue weighted by atomic mass is 9.76. The van der Waals surface area contributed by atoms with E-state index in [0.717, 1.165) is 32.2 Å². The van der Waals surface area contributed by atoms with Crippen LogP contribution in [0, 0.1) is 11.3 Å². The minimum Gasteiger partial charge on any atom is -0.381 e. The van der Waals surface area contributed by atoms with Gasteiger partial charge in [0.05, 0.1) is 6.54 Å². The second-order valence-electron chi connectivity index (χ2n) is 7.27. The van der Waals surface area contributed by atoms with Gasteiger partial charge in [-0.25, -0.2) is 0 Å². The molecule has 0 aromatic rings. The summed E-state index contributed by atoms with van der Waals surface area (Å²) in [7, 11) is 0. The fourth-order valence-electron chi connectivity index (χ4n) is 3.96. The summed E-state index contributed by atoms with van der Waals surface area (Å²) < 4.78 is 5.60. The molecule has 1 aliphatic heterocycles. The first-order valence-corrected chi connectivity index (χ1v) is 8.62. The number of hydrogen-bond acceptors (Lipinski definition) is 3. The maximum absolute atomic E-state index is 11.8. The third-order valence-corrected chi connectivity index (χ3v) is 5.10. The summed E-state index contributed by atoms with van der Waals surface area (Å²) in [5, 5.41) is 2.98. The zero-order valence-corrected chi connectivity index (χ0v) is 14.0. The second-order valence-corrected chi connectivity index (χ2v) is 7.27. The highest BCUT2D eigenvalue weighted by Gasteiger charge is 2.41. The molecule has 1 heterocycles. The van der Waals surface area contributed by atoms with Gasteiger partial charge < -0.3 is 10.1 Å². The first kappa shape index (κ1) is 16.8. The van der Waals surface area contributed by atoms with Gasteiger partial charge in [0.15, 0.2) is 0 Å². The Bertz CT molecular complexity index is 336. The van der Waals surface area contributed by atoms with Crippen molar-refractivity contribution in [2.75, 3.05) is 32.8 Å². The van der Waals surface area contributed by atoms with Crippen molar-refractivity contribution in [3.05, 3.63) is 0 Å². The van der Waals surface area contributed by atoms with Crippen LogP contribution in [0.4, 0.5) is 0 Å². The molecule has 2 fully saturated rings. The maximum Gasteiger partial charge on any atom is 0.234 e. The van der Waals surface area contributed by atoms with E-state index in [1.54, 1.807) is 0 Å². The predicted octanol–water partition coefficient (Wildman–Crippen LogP) is 2.43. The standard InChI is InChI=1S/C17H32N2O2/c1-4-21-13-15-5-6-17(11-15)7-9-19(10-8-17)12-16(20)18-14(2)3/h14-15H,4-13H2,1-3H3,(H,18,20)/t15-/m1/s1. The highest BCUT2D eigenvalue weighted by atomic mass is 16.5. The van der Waals surface area contributed by atoms with Crippen molar-refractivity contribution >= 4 is 5.91 Å². The monoisotopic (exact) mass is 296 g/mol. The van der Waals surface area contributed by atoms with Crippen LogP contribution in [0.25, 0.3) is 0 Å². The van der Waals surface area contributed by atoms with Gasteiger partial charge in [0.2, 0.25) is 5.91 Å². The predicted molar refractivity (Wildman–Crippen MR) is 85.2 cm³/mol. The van der Waals surface area contributed by atoms with Crippen molar-refractivity contribution in [2.24, 2.45) is 11.3 Å². The van der Waals surface area contributed by atoms with E-state index in [-0.39, 0.29) is 11.9 Å². The van der Waals surface area contributed by atoms with Crippen LogP contribution in [0.1, 0.15) is 52.9 Å². The van der Waals surface area contributed by atoms with Crippen molar-refractivity contribution < 1.29 is 9.53 Å². The lowest BCUT2D eigenvalue weighted by Crippen LogP contribution is -2.45. The van der Waals surface area contributed by atoms with Gasteiger partial charge in [-0.1, -0.05) is 0 Å². The molecule has 21 heavy (non-hydrogen) atoms. The summed E-state index contributed by atoms with van der Waals surface area (Å²) in [6, 6.07) is 0.239. The lowest BCUT2D eigenvalue weighted by Gasteiger charge is -2.39. The first-order chi connectivity index (χ1) is 10.0. The van der Waals surface area contributed by atoms with Crippen LogP contribution in [-0.2, 0) is 9.53 Å². The normalized spacial score (nSPS) is 25.6. The number of nitrogens with one attached hydrogen (secondary N) is 1. The highest BCUT2D eigenvalue weighted by molar-refractivity contribution is 5.78. The molecule has 1 N–H and O–H groups in total. The van der Waals surface area contributed by atoms with E-state index < -0.39 is 0 Å². The summed E-state index contributed by atoms with van der Waals surface area (Å²) >= 11 is 0. The Morgan fingerprint density at radius 1 is 1.33 bits per heavy atom. The topological polar surface area (TPSA) is 41.6 Å². The number of carbonyl (C=O) groups excluding carboxylic acids is 1. The molecule has 0 aromatic heterocycles. The van der Waals surface area contributed by atoms with Crippen LogP contribution in [0.3, 0.4) is 0 Å². The molecule has 2 aliphatic rings. The molecule has 122 valence electrons. The molecule has 4 nitrogen and oxygen atoms in total. The molecule has 0 aromatic carbocycles. The summed E-state index contributed by atoms with van der Waals surface area (Å²) in [6.07, 6.45) is 6.53. The van der Waals surface area contributed by atoms with E-state index in [9.17, 15) is 4.79 Å². The van der Waals surface area contributed by atoms with E-state index in [1.165, 1.54) is 32.1 Å². The van der Waals surface area contributed by atoms with E-state index in [2.05, 4.69) is 17.1 Å². The second kappa shape index (κ2) is 7.59. The van der Waals surface area contributed by atoms with Gasteiger partial charge in [-0.15, -0.1) is 0 Å². The molecule has 1 atom stereocenters. The van der Waals surface area contributed by atoms with Gasteiger partial charge in [-0.3, -0.25) is 9.69 Å². The molecular formula is C17H32N2O2. The molecule has 0 unspecified atom stereocenters. The van der Waals surface area contributed by atoms with Gasteiger partial charge in [0.1, 0.15) is 0 Å². The Labute approximate surface area is 129 Å². The molecule has 2 rings (SSSR count). The molecule has 1 saturated heterocycles. The molecule has 1 aliphatic carbocycles. The quantitative estimate of drug-likeness (QED) is 0.818. The average Bonchev–Trinajstić information content (AvgIpc) is 2.82. The van der Waals surface area contributed by atoms with Crippen molar-refractivity contribution in [2.45, 2.75) is 58.9 Å². The Morgan fingerprint density at radius 3 is 2.67 bits per heavy atom. The summed E-state index contributed by atoms with van der Waals surface area (Å²) in [6.45, 7) is 10.6. The molecular weight excluding hydrogens is 264 g/mol. The van der Waals surface area contributed by atoms with E-state index in [1.807, 2.05) is 13.8 Å². The fourth-order valence-corrected chi connectivity index (χ4v) is 3.96. The van der Waals surface area contributed by atoms with Crippen LogP contribution in [0.5, 0.6) is 0 Å². The fraction of sp³-hybridized carbons (Fsp3) is 0.941. The number of carbonyl (C=O) groups is 1. The average molecular weight is 296 g/mol. The Kier molecular flexibility index (Phi) is 6.06. The largest absolute Gasteiger partial charge is 0.381 e. The molecule has 1 spiro atoms. The molecule has 4 heteroatoms. The summed E-state index contributed by atoms with van der Waals surface area (Å²) in [5.41, 5.74) is 0.548. The third-order valence-electron chi connectivity index (χ3n) is 5.10. The number of nitrogens with zero attached hydrogens (tertiary/aromatic N) is 1. The lowest BCUT2D eigenvalue weighted by molar-refractivity contribution is -0.123. The summed E-state index contributed by atoms with van der Waals surface area (Å²) in [4.78, 5) is 14.2. The van der Waals surface area contributed by atoms with Gasteiger partial charge in [0, 0.05) is 19.3 Å². The third kappa shape index (κ3) is 4.96. The van der Waals surface area contributed by atoms with Gasteiger partial charge >= 0.3 is 0 Å².